The van der Waals surface area contributed by atoms with E-state index in [0.29, 0.717) is 18.9 Å². The molecule has 1 aromatic heterocycles. The number of amides is 1. The minimum Gasteiger partial charge on any atom is -0.367 e. The fraction of sp³-hybridized carbons (Fsp3) is 0.583. The van der Waals surface area contributed by atoms with Crippen LogP contribution in [-0.4, -0.2) is 10.9 Å². The lowest BCUT2D eigenvalue weighted by molar-refractivity contribution is -0.122. The largest absolute Gasteiger partial charge is 0.367 e. The van der Waals surface area contributed by atoms with Crippen LogP contribution in [0.4, 0.5) is 0 Å². The summed E-state index contributed by atoms with van der Waals surface area (Å²) in [6, 6.07) is 1.98. The molecule has 0 aromatic carbocycles. The zero-order valence-corrected chi connectivity index (χ0v) is 8.96. The first-order valence-corrected chi connectivity index (χ1v) is 5.73. The highest BCUT2D eigenvalue weighted by Gasteiger charge is 2.17. The summed E-state index contributed by atoms with van der Waals surface area (Å²) in [5, 5.41) is 2.95. The van der Waals surface area contributed by atoms with Crippen molar-refractivity contribution in [3.8, 4) is 0 Å². The molecule has 1 aliphatic rings. The van der Waals surface area contributed by atoms with Gasteiger partial charge >= 0.3 is 0 Å². The second kappa shape index (κ2) is 5.01. The van der Waals surface area contributed by atoms with Gasteiger partial charge in [-0.25, -0.2) is 0 Å². The molecule has 0 aliphatic heterocycles. The van der Waals surface area contributed by atoms with Crippen molar-refractivity contribution < 1.29 is 4.79 Å². The number of carbonyl (C=O) groups excluding carboxylic acids is 1. The molecule has 3 nitrogen and oxygen atoms in total. The fourth-order valence-corrected chi connectivity index (χ4v) is 2.22. The molecule has 1 fully saturated rings. The van der Waals surface area contributed by atoms with E-state index in [4.69, 9.17) is 0 Å². The van der Waals surface area contributed by atoms with Gasteiger partial charge in [0.05, 0.1) is 0 Å². The number of H-pyrrole nitrogens is 1. The van der Waals surface area contributed by atoms with Crippen molar-refractivity contribution in [2.75, 3.05) is 0 Å². The van der Waals surface area contributed by atoms with Crippen molar-refractivity contribution in [2.24, 2.45) is 5.92 Å². The van der Waals surface area contributed by atoms with Gasteiger partial charge in [-0.1, -0.05) is 12.8 Å². The van der Waals surface area contributed by atoms with Gasteiger partial charge in [-0.05, 0) is 30.4 Å². The van der Waals surface area contributed by atoms with Gasteiger partial charge in [-0.3, -0.25) is 4.79 Å². The molecule has 0 spiro atoms. The Bertz CT molecular complexity index is 299. The fourth-order valence-electron chi connectivity index (χ4n) is 2.22. The molecular weight excluding hydrogens is 188 g/mol. The van der Waals surface area contributed by atoms with Crippen LogP contribution in [0, 0.1) is 5.92 Å². The molecular formula is C12H18N2O. The number of aromatic nitrogens is 1. The van der Waals surface area contributed by atoms with E-state index in [1.54, 1.807) is 0 Å². The van der Waals surface area contributed by atoms with Crippen molar-refractivity contribution >= 4 is 5.91 Å². The highest BCUT2D eigenvalue weighted by atomic mass is 16.1. The van der Waals surface area contributed by atoms with Crippen LogP contribution in [0.1, 0.15) is 37.7 Å². The maximum Gasteiger partial charge on any atom is 0.220 e. The highest BCUT2D eigenvalue weighted by Crippen LogP contribution is 2.27. The maximum atomic E-state index is 11.6. The number of nitrogens with one attached hydrogen (secondary N) is 2. The molecule has 0 radical (unpaired) electrons. The first-order chi connectivity index (χ1) is 7.34. The quantitative estimate of drug-likeness (QED) is 0.779. The Morgan fingerprint density at radius 3 is 2.93 bits per heavy atom. The summed E-state index contributed by atoms with van der Waals surface area (Å²) in [5.74, 6) is 0.833. The number of hydrogen-bond donors (Lipinski definition) is 2. The number of aromatic amines is 1. The van der Waals surface area contributed by atoms with Crippen molar-refractivity contribution in [1.82, 2.24) is 10.3 Å². The molecule has 0 saturated heterocycles. The molecule has 1 amide bonds. The maximum absolute atomic E-state index is 11.6. The van der Waals surface area contributed by atoms with Crippen LogP contribution in [0.15, 0.2) is 18.5 Å². The van der Waals surface area contributed by atoms with Crippen LogP contribution in [0.2, 0.25) is 0 Å². The van der Waals surface area contributed by atoms with E-state index in [2.05, 4.69) is 10.3 Å². The molecule has 1 saturated carbocycles. The predicted octanol–water partition coefficient (Wildman–Crippen LogP) is 2.21. The molecule has 3 heteroatoms. The number of carbonyl (C=O) groups is 1. The van der Waals surface area contributed by atoms with E-state index in [1.165, 1.54) is 25.7 Å². The van der Waals surface area contributed by atoms with Crippen LogP contribution in [0.3, 0.4) is 0 Å². The molecule has 82 valence electrons. The third-order valence-corrected chi connectivity index (χ3v) is 3.10. The third kappa shape index (κ3) is 3.11. The minimum absolute atomic E-state index is 0.197. The summed E-state index contributed by atoms with van der Waals surface area (Å²) in [6.07, 6.45) is 9.57. The standard InChI is InChI=1S/C12H18N2O/c15-12(7-10-3-1-2-4-10)14-9-11-5-6-13-8-11/h5-6,8,10,13H,1-4,7,9H2,(H,14,15). The molecule has 2 N–H and O–H groups in total. The van der Waals surface area contributed by atoms with Gasteiger partial charge < -0.3 is 10.3 Å². The Hall–Kier alpha value is -1.25. The second-order valence-electron chi connectivity index (χ2n) is 4.35. The van der Waals surface area contributed by atoms with E-state index in [-0.39, 0.29) is 5.91 Å². The third-order valence-electron chi connectivity index (χ3n) is 3.10. The van der Waals surface area contributed by atoms with Gasteiger partial charge in [-0.15, -0.1) is 0 Å². The summed E-state index contributed by atoms with van der Waals surface area (Å²) >= 11 is 0. The van der Waals surface area contributed by atoms with Gasteiger partial charge in [0.15, 0.2) is 0 Å². The highest BCUT2D eigenvalue weighted by molar-refractivity contribution is 5.76. The molecule has 15 heavy (non-hydrogen) atoms. The summed E-state index contributed by atoms with van der Waals surface area (Å²) in [7, 11) is 0. The average Bonchev–Trinajstić information content (AvgIpc) is 2.86. The van der Waals surface area contributed by atoms with Crippen LogP contribution in [-0.2, 0) is 11.3 Å². The Labute approximate surface area is 90.3 Å². The summed E-state index contributed by atoms with van der Waals surface area (Å²) in [4.78, 5) is 14.5. The minimum atomic E-state index is 0.197. The van der Waals surface area contributed by atoms with E-state index < -0.39 is 0 Å². The van der Waals surface area contributed by atoms with Gasteiger partial charge in [0, 0.05) is 25.4 Å². The first kappa shape index (κ1) is 10.3. The predicted molar refractivity (Wildman–Crippen MR) is 59.2 cm³/mol. The lowest BCUT2D eigenvalue weighted by Crippen LogP contribution is -2.24. The van der Waals surface area contributed by atoms with Crippen molar-refractivity contribution in [3.05, 3.63) is 24.0 Å². The number of hydrogen-bond acceptors (Lipinski definition) is 1. The smallest absolute Gasteiger partial charge is 0.220 e. The zero-order chi connectivity index (χ0) is 10.5. The molecule has 0 bridgehead atoms. The SMILES string of the molecule is O=C(CC1CCCC1)NCc1cc[nH]c1. The van der Waals surface area contributed by atoms with Crippen molar-refractivity contribution in [1.29, 1.82) is 0 Å². The van der Waals surface area contributed by atoms with Gasteiger partial charge in [0.25, 0.3) is 0 Å². The Morgan fingerprint density at radius 1 is 1.47 bits per heavy atom. The topological polar surface area (TPSA) is 44.9 Å². The van der Waals surface area contributed by atoms with Gasteiger partial charge in [0.1, 0.15) is 0 Å². The summed E-state index contributed by atoms with van der Waals surface area (Å²) < 4.78 is 0. The van der Waals surface area contributed by atoms with E-state index in [9.17, 15) is 4.79 Å². The normalized spacial score (nSPS) is 16.8. The lowest BCUT2D eigenvalue weighted by atomic mass is 10.0. The lowest BCUT2D eigenvalue weighted by Gasteiger charge is -2.08. The molecule has 1 aliphatic carbocycles. The first-order valence-electron chi connectivity index (χ1n) is 5.73. The Kier molecular flexibility index (Phi) is 3.43. The molecule has 0 unspecified atom stereocenters. The van der Waals surface area contributed by atoms with Crippen LogP contribution >= 0.6 is 0 Å². The van der Waals surface area contributed by atoms with Crippen LogP contribution < -0.4 is 5.32 Å². The molecule has 0 atom stereocenters. The van der Waals surface area contributed by atoms with Crippen molar-refractivity contribution in [3.63, 3.8) is 0 Å². The summed E-state index contributed by atoms with van der Waals surface area (Å²) in [6.45, 7) is 0.648. The Morgan fingerprint density at radius 2 is 2.27 bits per heavy atom. The summed E-state index contributed by atoms with van der Waals surface area (Å²) in [5.41, 5.74) is 1.13. The van der Waals surface area contributed by atoms with Gasteiger partial charge in [-0.2, -0.15) is 0 Å². The number of rotatable bonds is 4. The van der Waals surface area contributed by atoms with Gasteiger partial charge in [0.2, 0.25) is 5.91 Å². The van der Waals surface area contributed by atoms with Crippen LogP contribution in [0.5, 0.6) is 0 Å². The Balaban J connectivity index is 1.68. The van der Waals surface area contributed by atoms with E-state index in [0.717, 1.165) is 5.56 Å². The molecule has 2 rings (SSSR count). The van der Waals surface area contributed by atoms with E-state index in [1.807, 2.05) is 18.5 Å². The molecule has 1 aromatic rings. The monoisotopic (exact) mass is 206 g/mol. The average molecular weight is 206 g/mol. The van der Waals surface area contributed by atoms with Crippen LogP contribution in [0.25, 0.3) is 0 Å². The molecule has 1 heterocycles. The zero-order valence-electron chi connectivity index (χ0n) is 8.96. The van der Waals surface area contributed by atoms with E-state index >= 15 is 0 Å². The van der Waals surface area contributed by atoms with Crippen molar-refractivity contribution in [2.45, 2.75) is 38.6 Å². The second-order valence-corrected chi connectivity index (χ2v) is 4.35.